The van der Waals surface area contributed by atoms with Crippen molar-refractivity contribution in [2.45, 2.75) is 32.7 Å². The molecule has 0 radical (unpaired) electrons. The van der Waals surface area contributed by atoms with Gasteiger partial charge in [-0.25, -0.2) is 13.2 Å². The maximum Gasteiger partial charge on any atom is 0.223 e. The SMILES string of the molecule is Cc1n[nH]c(C)c1CN1C[C@H](c2cc(F)cc(F)c2F)CC1=O. The lowest BCUT2D eigenvalue weighted by Gasteiger charge is -2.17. The number of H-pyrrole nitrogens is 1. The van der Waals surface area contributed by atoms with Crippen molar-refractivity contribution in [3.05, 3.63) is 52.1 Å². The molecule has 1 aromatic heterocycles. The van der Waals surface area contributed by atoms with E-state index in [4.69, 9.17) is 0 Å². The third-order valence-electron chi connectivity index (χ3n) is 4.31. The second kappa shape index (κ2) is 5.72. The number of aryl methyl sites for hydroxylation is 2. The van der Waals surface area contributed by atoms with E-state index in [2.05, 4.69) is 10.2 Å². The standard InChI is InChI=1S/C16H16F3N3O/c1-8-13(9(2)21-20-8)7-22-6-10(3-15(22)23)12-4-11(17)5-14(18)16(12)19/h4-5,10H,3,6-7H2,1-2H3,(H,20,21)/t10-/m1/s1. The van der Waals surface area contributed by atoms with Crippen LogP contribution in [0.4, 0.5) is 13.2 Å². The summed E-state index contributed by atoms with van der Waals surface area (Å²) in [6.45, 7) is 4.26. The first-order valence-electron chi connectivity index (χ1n) is 7.29. The lowest BCUT2D eigenvalue weighted by molar-refractivity contribution is -0.128. The molecule has 2 aromatic rings. The number of benzene rings is 1. The fraction of sp³-hybridized carbons (Fsp3) is 0.375. The summed E-state index contributed by atoms with van der Waals surface area (Å²) >= 11 is 0. The Hall–Kier alpha value is -2.31. The molecule has 1 aliphatic rings. The van der Waals surface area contributed by atoms with Gasteiger partial charge in [0.1, 0.15) is 5.82 Å². The topological polar surface area (TPSA) is 49.0 Å². The van der Waals surface area contributed by atoms with E-state index in [0.717, 1.165) is 23.0 Å². The van der Waals surface area contributed by atoms with Crippen LogP contribution in [-0.2, 0) is 11.3 Å². The second-order valence-electron chi connectivity index (χ2n) is 5.88. The first-order chi connectivity index (χ1) is 10.9. The van der Waals surface area contributed by atoms with Gasteiger partial charge in [0.2, 0.25) is 5.91 Å². The highest BCUT2D eigenvalue weighted by atomic mass is 19.2. The van der Waals surface area contributed by atoms with E-state index in [1.807, 2.05) is 13.8 Å². The Labute approximate surface area is 131 Å². The predicted octanol–water partition coefficient (Wildman–Crippen LogP) is 2.96. The van der Waals surface area contributed by atoms with Gasteiger partial charge in [-0.1, -0.05) is 0 Å². The molecule has 1 amide bonds. The Balaban J connectivity index is 1.83. The molecule has 1 saturated heterocycles. The van der Waals surface area contributed by atoms with Crippen LogP contribution in [0.3, 0.4) is 0 Å². The number of nitrogens with zero attached hydrogens (tertiary/aromatic N) is 2. The molecule has 2 heterocycles. The predicted molar refractivity (Wildman–Crippen MR) is 77.2 cm³/mol. The van der Waals surface area contributed by atoms with Gasteiger partial charge in [-0.15, -0.1) is 0 Å². The Morgan fingerprint density at radius 2 is 2.04 bits per heavy atom. The number of amides is 1. The minimum absolute atomic E-state index is 0.0375. The Morgan fingerprint density at radius 3 is 2.70 bits per heavy atom. The van der Waals surface area contributed by atoms with Gasteiger partial charge in [-0.05, 0) is 25.5 Å². The van der Waals surface area contributed by atoms with Crippen LogP contribution in [-0.4, -0.2) is 27.5 Å². The van der Waals surface area contributed by atoms with Gasteiger partial charge in [0.25, 0.3) is 0 Å². The van der Waals surface area contributed by atoms with Crippen LogP contribution < -0.4 is 0 Å². The van der Waals surface area contributed by atoms with Crippen LogP contribution in [0.15, 0.2) is 12.1 Å². The number of hydrogen-bond donors (Lipinski definition) is 1. The first kappa shape index (κ1) is 15.6. The number of aromatic amines is 1. The summed E-state index contributed by atoms with van der Waals surface area (Å²) in [5.41, 5.74) is 2.48. The third kappa shape index (κ3) is 2.83. The van der Waals surface area contributed by atoms with Gasteiger partial charge in [-0.3, -0.25) is 9.89 Å². The zero-order valence-corrected chi connectivity index (χ0v) is 12.8. The molecule has 0 spiro atoms. The van der Waals surface area contributed by atoms with Crippen molar-refractivity contribution < 1.29 is 18.0 Å². The third-order valence-corrected chi connectivity index (χ3v) is 4.31. The summed E-state index contributed by atoms with van der Waals surface area (Å²) in [7, 11) is 0. The van der Waals surface area contributed by atoms with Crippen molar-refractivity contribution in [2.75, 3.05) is 6.54 Å². The molecule has 23 heavy (non-hydrogen) atoms. The lowest BCUT2D eigenvalue weighted by Crippen LogP contribution is -2.25. The molecule has 1 fully saturated rings. The first-order valence-corrected chi connectivity index (χ1v) is 7.29. The van der Waals surface area contributed by atoms with Crippen molar-refractivity contribution in [1.29, 1.82) is 0 Å². The van der Waals surface area contributed by atoms with Crippen molar-refractivity contribution in [3.63, 3.8) is 0 Å². The van der Waals surface area contributed by atoms with Gasteiger partial charge >= 0.3 is 0 Å². The second-order valence-corrected chi connectivity index (χ2v) is 5.88. The zero-order valence-electron chi connectivity index (χ0n) is 12.8. The van der Waals surface area contributed by atoms with E-state index in [0.29, 0.717) is 12.6 Å². The summed E-state index contributed by atoms with van der Waals surface area (Å²) in [5.74, 6) is -3.88. The summed E-state index contributed by atoms with van der Waals surface area (Å²) < 4.78 is 40.6. The summed E-state index contributed by atoms with van der Waals surface area (Å²) in [5, 5.41) is 6.92. The van der Waals surface area contributed by atoms with E-state index in [1.165, 1.54) is 0 Å². The summed E-state index contributed by atoms with van der Waals surface area (Å²) in [6.07, 6.45) is 0.0375. The van der Waals surface area contributed by atoms with Gasteiger partial charge in [-0.2, -0.15) is 5.10 Å². The molecule has 0 aliphatic carbocycles. The number of likely N-dealkylation sites (tertiary alicyclic amines) is 1. The van der Waals surface area contributed by atoms with Crippen molar-refractivity contribution in [2.24, 2.45) is 0 Å². The van der Waals surface area contributed by atoms with E-state index < -0.39 is 23.4 Å². The monoisotopic (exact) mass is 323 g/mol. The minimum Gasteiger partial charge on any atom is -0.338 e. The molecular formula is C16H16F3N3O. The highest BCUT2D eigenvalue weighted by Crippen LogP contribution is 2.32. The molecule has 1 atom stereocenters. The highest BCUT2D eigenvalue weighted by molar-refractivity contribution is 5.79. The van der Waals surface area contributed by atoms with E-state index in [9.17, 15) is 18.0 Å². The van der Waals surface area contributed by atoms with E-state index in [-0.39, 0.29) is 24.4 Å². The molecule has 1 aromatic carbocycles. The summed E-state index contributed by atoms with van der Waals surface area (Å²) in [6, 6.07) is 1.47. The number of halogens is 3. The molecule has 122 valence electrons. The van der Waals surface area contributed by atoms with Gasteiger partial charge < -0.3 is 4.90 Å². The number of aromatic nitrogens is 2. The number of carbonyl (C=O) groups excluding carboxylic acids is 1. The number of hydrogen-bond acceptors (Lipinski definition) is 2. The Morgan fingerprint density at radius 1 is 1.30 bits per heavy atom. The maximum absolute atomic E-state index is 13.9. The highest BCUT2D eigenvalue weighted by Gasteiger charge is 2.33. The number of carbonyl (C=O) groups is 1. The molecule has 0 unspecified atom stereocenters. The van der Waals surface area contributed by atoms with E-state index >= 15 is 0 Å². The quantitative estimate of drug-likeness (QED) is 0.883. The molecule has 0 saturated carbocycles. The molecule has 3 rings (SSSR count). The van der Waals surface area contributed by atoms with Crippen LogP contribution >= 0.6 is 0 Å². The number of nitrogens with one attached hydrogen (secondary N) is 1. The Kier molecular flexibility index (Phi) is 3.87. The van der Waals surface area contributed by atoms with Crippen LogP contribution in [0.5, 0.6) is 0 Å². The van der Waals surface area contributed by atoms with Gasteiger partial charge in [0, 0.05) is 42.8 Å². The van der Waals surface area contributed by atoms with Crippen molar-refractivity contribution in [1.82, 2.24) is 15.1 Å². The van der Waals surface area contributed by atoms with Gasteiger partial charge in [0.05, 0.1) is 5.69 Å². The van der Waals surface area contributed by atoms with Crippen molar-refractivity contribution >= 4 is 5.91 Å². The lowest BCUT2D eigenvalue weighted by atomic mass is 9.97. The van der Waals surface area contributed by atoms with Crippen LogP contribution in [0.2, 0.25) is 0 Å². The van der Waals surface area contributed by atoms with Crippen molar-refractivity contribution in [3.8, 4) is 0 Å². The van der Waals surface area contributed by atoms with Crippen LogP contribution in [0.25, 0.3) is 0 Å². The average Bonchev–Trinajstić information content (AvgIpc) is 3.00. The largest absolute Gasteiger partial charge is 0.338 e. The molecule has 1 aliphatic heterocycles. The smallest absolute Gasteiger partial charge is 0.223 e. The fourth-order valence-corrected chi connectivity index (χ4v) is 3.00. The van der Waals surface area contributed by atoms with E-state index in [1.54, 1.807) is 4.90 Å². The Bertz CT molecular complexity index is 753. The molecular weight excluding hydrogens is 307 g/mol. The van der Waals surface area contributed by atoms with Gasteiger partial charge in [0.15, 0.2) is 11.6 Å². The normalized spacial score (nSPS) is 18.0. The number of rotatable bonds is 3. The molecule has 7 heteroatoms. The molecule has 1 N–H and O–H groups in total. The fourth-order valence-electron chi connectivity index (χ4n) is 3.00. The van der Waals surface area contributed by atoms with Crippen LogP contribution in [0.1, 0.15) is 34.9 Å². The maximum atomic E-state index is 13.9. The molecule has 4 nitrogen and oxygen atoms in total. The zero-order chi connectivity index (χ0) is 16.7. The average molecular weight is 323 g/mol. The van der Waals surface area contributed by atoms with Crippen LogP contribution in [0, 0.1) is 31.3 Å². The minimum atomic E-state index is -1.23. The molecule has 0 bridgehead atoms. The summed E-state index contributed by atoms with van der Waals surface area (Å²) in [4.78, 5) is 13.7.